The molecule has 0 atom stereocenters. The maximum absolute atomic E-state index is 12.1. The largest absolute Gasteiger partial charge is 0.348 e. The Morgan fingerprint density at radius 1 is 1.22 bits per heavy atom. The van der Waals surface area contributed by atoms with Gasteiger partial charge in [-0.3, -0.25) is 14.5 Å². The smallest absolute Gasteiger partial charge is 0.219 e. The first-order valence-electron chi connectivity index (χ1n) is 6.20. The molecule has 0 aromatic carbocycles. The van der Waals surface area contributed by atoms with Crippen LogP contribution in [0.25, 0.3) is 0 Å². The second-order valence-electron chi connectivity index (χ2n) is 4.71. The highest BCUT2D eigenvalue weighted by atomic mass is 16.2. The number of Topliss-reactive ketones (excluding diaryl/α,β-unsaturated/α-hetero) is 1. The summed E-state index contributed by atoms with van der Waals surface area (Å²) in [5, 5.41) is 0. The molecule has 0 saturated carbocycles. The number of aromatic nitrogens is 1. The van der Waals surface area contributed by atoms with Crippen molar-refractivity contribution in [1.29, 1.82) is 0 Å². The number of rotatable bonds is 3. The standard InChI is InChI=1S/C13H19N3O2/c1-11(17)16-8-6-15(7-9-16)10-13(18)12-4-3-5-14(12)2/h3-5H,6-10H2,1-2H3. The van der Waals surface area contributed by atoms with E-state index in [1.165, 1.54) is 0 Å². The molecule has 18 heavy (non-hydrogen) atoms. The van der Waals surface area contributed by atoms with Crippen LogP contribution in [0.15, 0.2) is 18.3 Å². The zero-order chi connectivity index (χ0) is 13.1. The molecule has 0 aliphatic carbocycles. The van der Waals surface area contributed by atoms with E-state index >= 15 is 0 Å². The molecule has 0 spiro atoms. The molecule has 0 bridgehead atoms. The van der Waals surface area contributed by atoms with Crippen LogP contribution in [0.3, 0.4) is 0 Å². The van der Waals surface area contributed by atoms with Gasteiger partial charge in [-0.2, -0.15) is 0 Å². The summed E-state index contributed by atoms with van der Waals surface area (Å²) < 4.78 is 1.84. The number of hydrogen-bond acceptors (Lipinski definition) is 3. The molecule has 0 radical (unpaired) electrons. The molecule has 0 N–H and O–H groups in total. The van der Waals surface area contributed by atoms with E-state index in [0.717, 1.165) is 31.9 Å². The minimum absolute atomic E-state index is 0.114. The zero-order valence-corrected chi connectivity index (χ0v) is 10.9. The van der Waals surface area contributed by atoms with Gasteiger partial charge in [0.2, 0.25) is 5.91 Å². The summed E-state index contributed by atoms with van der Waals surface area (Å²) in [6, 6.07) is 3.72. The van der Waals surface area contributed by atoms with Crippen LogP contribution in [-0.2, 0) is 11.8 Å². The average Bonchev–Trinajstić information content (AvgIpc) is 2.76. The van der Waals surface area contributed by atoms with Gasteiger partial charge in [0.15, 0.2) is 5.78 Å². The third-order valence-corrected chi connectivity index (χ3v) is 3.41. The van der Waals surface area contributed by atoms with Crippen LogP contribution in [0.5, 0.6) is 0 Å². The number of carbonyl (C=O) groups excluding carboxylic acids is 2. The molecule has 2 heterocycles. The first-order chi connectivity index (χ1) is 8.58. The quantitative estimate of drug-likeness (QED) is 0.727. The van der Waals surface area contributed by atoms with Gasteiger partial charge in [0.1, 0.15) is 0 Å². The van der Waals surface area contributed by atoms with E-state index in [1.54, 1.807) is 6.92 Å². The van der Waals surface area contributed by atoms with Gasteiger partial charge in [-0.1, -0.05) is 0 Å². The molecule has 0 unspecified atom stereocenters. The molecule has 5 nitrogen and oxygen atoms in total. The Hall–Kier alpha value is -1.62. The Labute approximate surface area is 107 Å². The lowest BCUT2D eigenvalue weighted by Gasteiger charge is -2.33. The van der Waals surface area contributed by atoms with Crippen molar-refractivity contribution < 1.29 is 9.59 Å². The Morgan fingerprint density at radius 2 is 1.89 bits per heavy atom. The molecule has 1 fully saturated rings. The van der Waals surface area contributed by atoms with E-state index < -0.39 is 0 Å². The predicted molar refractivity (Wildman–Crippen MR) is 68.4 cm³/mol. The number of nitrogens with zero attached hydrogens (tertiary/aromatic N) is 3. The van der Waals surface area contributed by atoms with Crippen molar-refractivity contribution in [2.24, 2.45) is 7.05 Å². The Morgan fingerprint density at radius 3 is 2.39 bits per heavy atom. The Balaban J connectivity index is 1.87. The van der Waals surface area contributed by atoms with Gasteiger partial charge >= 0.3 is 0 Å². The summed E-state index contributed by atoms with van der Waals surface area (Å²) in [6.45, 7) is 5.01. The van der Waals surface area contributed by atoms with E-state index in [0.29, 0.717) is 6.54 Å². The second-order valence-corrected chi connectivity index (χ2v) is 4.71. The van der Waals surface area contributed by atoms with Crippen LogP contribution in [0.4, 0.5) is 0 Å². The van der Waals surface area contributed by atoms with Gasteiger partial charge in [-0.05, 0) is 12.1 Å². The topological polar surface area (TPSA) is 45.6 Å². The molecule has 98 valence electrons. The molecule has 2 rings (SSSR count). The highest BCUT2D eigenvalue weighted by Gasteiger charge is 2.21. The summed E-state index contributed by atoms with van der Waals surface area (Å²) in [6.07, 6.45) is 1.88. The van der Waals surface area contributed by atoms with Crippen LogP contribution < -0.4 is 0 Å². The van der Waals surface area contributed by atoms with E-state index in [-0.39, 0.29) is 11.7 Å². The summed E-state index contributed by atoms with van der Waals surface area (Å²) in [5.41, 5.74) is 0.740. The zero-order valence-electron chi connectivity index (χ0n) is 10.9. The number of hydrogen-bond donors (Lipinski definition) is 0. The summed E-state index contributed by atoms with van der Waals surface area (Å²) in [5.74, 6) is 0.252. The summed E-state index contributed by atoms with van der Waals surface area (Å²) >= 11 is 0. The lowest BCUT2D eigenvalue weighted by molar-refractivity contribution is -0.130. The first-order valence-corrected chi connectivity index (χ1v) is 6.20. The van der Waals surface area contributed by atoms with E-state index in [9.17, 15) is 9.59 Å². The van der Waals surface area contributed by atoms with Crippen molar-refractivity contribution in [1.82, 2.24) is 14.4 Å². The minimum atomic E-state index is 0.114. The molecular weight excluding hydrogens is 230 g/mol. The van der Waals surface area contributed by atoms with Gasteiger partial charge in [0, 0.05) is 46.3 Å². The lowest BCUT2D eigenvalue weighted by atomic mass is 10.2. The maximum atomic E-state index is 12.1. The van der Waals surface area contributed by atoms with E-state index in [4.69, 9.17) is 0 Å². The van der Waals surface area contributed by atoms with Crippen molar-refractivity contribution in [2.75, 3.05) is 32.7 Å². The highest BCUT2D eigenvalue weighted by Crippen LogP contribution is 2.06. The number of aryl methyl sites for hydroxylation is 1. The molecule has 5 heteroatoms. The van der Waals surface area contributed by atoms with Crippen LogP contribution in [0.1, 0.15) is 17.4 Å². The van der Waals surface area contributed by atoms with Crippen molar-refractivity contribution >= 4 is 11.7 Å². The van der Waals surface area contributed by atoms with Gasteiger partial charge in [-0.15, -0.1) is 0 Å². The van der Waals surface area contributed by atoms with Gasteiger partial charge < -0.3 is 9.47 Å². The number of ketones is 1. The SMILES string of the molecule is CC(=O)N1CCN(CC(=O)c2cccn2C)CC1. The summed E-state index contributed by atoms with van der Waals surface area (Å²) in [4.78, 5) is 27.2. The maximum Gasteiger partial charge on any atom is 0.219 e. The molecule has 1 amide bonds. The minimum Gasteiger partial charge on any atom is -0.348 e. The fraction of sp³-hybridized carbons (Fsp3) is 0.538. The van der Waals surface area contributed by atoms with Crippen LogP contribution >= 0.6 is 0 Å². The predicted octanol–water partition coefficient (Wildman–Crippen LogP) is 0.372. The molecule has 1 saturated heterocycles. The lowest BCUT2D eigenvalue weighted by Crippen LogP contribution is -2.49. The number of carbonyl (C=O) groups is 2. The van der Waals surface area contributed by atoms with Crippen molar-refractivity contribution in [3.05, 3.63) is 24.0 Å². The number of piperazine rings is 1. The molecule has 1 aromatic heterocycles. The molecule has 1 aliphatic rings. The van der Waals surface area contributed by atoms with Crippen LogP contribution in [0, 0.1) is 0 Å². The van der Waals surface area contributed by atoms with Crippen LogP contribution in [-0.4, -0.2) is 58.8 Å². The monoisotopic (exact) mass is 249 g/mol. The number of amides is 1. The van der Waals surface area contributed by atoms with Gasteiger partial charge in [-0.25, -0.2) is 0 Å². The molecule has 1 aliphatic heterocycles. The van der Waals surface area contributed by atoms with Crippen molar-refractivity contribution in [3.63, 3.8) is 0 Å². The van der Waals surface area contributed by atoms with Gasteiger partial charge in [0.25, 0.3) is 0 Å². The van der Waals surface area contributed by atoms with Gasteiger partial charge in [0.05, 0.1) is 12.2 Å². The fourth-order valence-electron chi connectivity index (χ4n) is 2.26. The molecular formula is C13H19N3O2. The fourth-order valence-corrected chi connectivity index (χ4v) is 2.26. The van der Waals surface area contributed by atoms with Crippen molar-refractivity contribution in [3.8, 4) is 0 Å². The normalized spacial score (nSPS) is 16.9. The third kappa shape index (κ3) is 2.79. The Bertz CT molecular complexity index is 445. The van der Waals surface area contributed by atoms with E-state index in [2.05, 4.69) is 4.90 Å². The second kappa shape index (κ2) is 5.35. The van der Waals surface area contributed by atoms with Crippen molar-refractivity contribution in [2.45, 2.75) is 6.92 Å². The molecule has 1 aromatic rings. The average molecular weight is 249 g/mol. The van der Waals surface area contributed by atoms with Crippen LogP contribution in [0.2, 0.25) is 0 Å². The highest BCUT2D eigenvalue weighted by molar-refractivity contribution is 5.96. The third-order valence-electron chi connectivity index (χ3n) is 3.41. The first kappa shape index (κ1) is 12.8. The van der Waals surface area contributed by atoms with E-state index in [1.807, 2.05) is 34.8 Å². The summed E-state index contributed by atoms with van der Waals surface area (Å²) in [7, 11) is 1.88. The Kier molecular flexibility index (Phi) is 3.81.